The van der Waals surface area contributed by atoms with Gasteiger partial charge in [-0.3, -0.25) is 9.59 Å². The number of rotatable bonds is 10. The van der Waals surface area contributed by atoms with Crippen LogP contribution in [0.5, 0.6) is 11.5 Å². The van der Waals surface area contributed by atoms with Crippen LogP contribution >= 0.6 is 11.6 Å². The minimum Gasteiger partial charge on any atom is -0.493 e. The van der Waals surface area contributed by atoms with Gasteiger partial charge in [0.2, 0.25) is 10.0 Å². The summed E-state index contributed by atoms with van der Waals surface area (Å²) in [5, 5.41) is 8.91. The third kappa shape index (κ3) is 6.06. The number of allylic oxidation sites excluding steroid dienone is 1. The highest BCUT2D eigenvalue weighted by atomic mass is 35.5. The zero-order chi connectivity index (χ0) is 22.3. The van der Waals surface area contributed by atoms with Gasteiger partial charge in [-0.2, -0.15) is 0 Å². The number of ether oxygens (including phenoxy) is 2. The lowest BCUT2D eigenvalue weighted by Crippen LogP contribution is -2.26. The molecule has 0 radical (unpaired) electrons. The van der Waals surface area contributed by atoms with Crippen LogP contribution in [-0.2, 0) is 14.8 Å². The number of halogens is 1. The van der Waals surface area contributed by atoms with Gasteiger partial charge in [-0.1, -0.05) is 17.7 Å². The van der Waals surface area contributed by atoms with E-state index in [4.69, 9.17) is 26.2 Å². The normalized spacial score (nSPS) is 11.4. The van der Waals surface area contributed by atoms with Crippen molar-refractivity contribution in [3.8, 4) is 11.5 Å². The van der Waals surface area contributed by atoms with Gasteiger partial charge in [-0.15, -0.1) is 0 Å². The monoisotopic (exact) mass is 453 g/mol. The molecule has 30 heavy (non-hydrogen) atoms. The molecule has 10 heteroatoms. The van der Waals surface area contributed by atoms with Crippen molar-refractivity contribution in [2.75, 3.05) is 20.8 Å². The Balaban J connectivity index is 2.13. The summed E-state index contributed by atoms with van der Waals surface area (Å²) < 4.78 is 36.8. The average Bonchev–Trinajstić information content (AvgIpc) is 2.71. The molecule has 160 valence electrons. The molecule has 0 saturated heterocycles. The highest BCUT2D eigenvalue weighted by Gasteiger charge is 2.15. The van der Waals surface area contributed by atoms with Gasteiger partial charge in [-0.25, -0.2) is 13.1 Å². The fourth-order valence-electron chi connectivity index (χ4n) is 2.48. The second-order valence-corrected chi connectivity index (χ2v) is 8.18. The van der Waals surface area contributed by atoms with Crippen molar-refractivity contribution in [2.45, 2.75) is 11.3 Å². The van der Waals surface area contributed by atoms with E-state index in [0.29, 0.717) is 22.1 Å². The second-order valence-electron chi connectivity index (χ2n) is 6.00. The molecule has 2 rings (SSSR count). The van der Waals surface area contributed by atoms with Crippen LogP contribution < -0.4 is 14.2 Å². The number of nitrogens with one attached hydrogen (secondary N) is 1. The molecule has 8 nitrogen and oxygen atoms in total. The minimum absolute atomic E-state index is 0.0694. The zero-order valence-electron chi connectivity index (χ0n) is 16.2. The third-order valence-electron chi connectivity index (χ3n) is 3.96. The fourth-order valence-corrected chi connectivity index (χ4v) is 3.80. The van der Waals surface area contributed by atoms with Crippen molar-refractivity contribution in [3.05, 3.63) is 58.6 Å². The van der Waals surface area contributed by atoms with Gasteiger partial charge in [0.05, 0.1) is 30.6 Å². The van der Waals surface area contributed by atoms with Crippen LogP contribution in [-0.4, -0.2) is 46.0 Å². The Morgan fingerprint density at radius 3 is 2.37 bits per heavy atom. The number of sulfonamides is 1. The maximum atomic E-state index is 12.4. The zero-order valence-corrected chi connectivity index (χ0v) is 17.8. The molecule has 0 aromatic heterocycles. The average molecular weight is 454 g/mol. The smallest absolute Gasteiger partial charge is 0.304 e. The molecule has 2 aromatic carbocycles. The molecule has 0 amide bonds. The summed E-state index contributed by atoms with van der Waals surface area (Å²) in [7, 11) is -0.918. The molecule has 0 unspecified atom stereocenters. The number of methoxy groups -OCH3 is 2. The molecule has 0 atom stereocenters. The maximum Gasteiger partial charge on any atom is 0.304 e. The van der Waals surface area contributed by atoms with Gasteiger partial charge in [0, 0.05) is 12.1 Å². The highest BCUT2D eigenvalue weighted by Crippen LogP contribution is 2.36. The van der Waals surface area contributed by atoms with Crippen molar-refractivity contribution in [3.63, 3.8) is 0 Å². The minimum atomic E-state index is -3.86. The van der Waals surface area contributed by atoms with E-state index in [1.807, 2.05) is 0 Å². The summed E-state index contributed by atoms with van der Waals surface area (Å²) in [4.78, 5) is 22.8. The first-order chi connectivity index (χ1) is 14.2. The Labute approximate surface area is 179 Å². The number of hydrogen-bond acceptors (Lipinski definition) is 6. The van der Waals surface area contributed by atoms with E-state index in [9.17, 15) is 18.0 Å². The summed E-state index contributed by atoms with van der Waals surface area (Å²) in [6.45, 7) is -0.227. The molecule has 0 heterocycles. The van der Waals surface area contributed by atoms with E-state index in [1.54, 1.807) is 18.2 Å². The van der Waals surface area contributed by atoms with E-state index in [2.05, 4.69) is 4.72 Å². The third-order valence-corrected chi connectivity index (χ3v) is 5.72. The first-order valence-electron chi connectivity index (χ1n) is 8.63. The quantitative estimate of drug-likeness (QED) is 0.419. The van der Waals surface area contributed by atoms with Crippen molar-refractivity contribution in [2.24, 2.45) is 0 Å². The Morgan fingerprint density at radius 1 is 1.13 bits per heavy atom. The van der Waals surface area contributed by atoms with Crippen LogP contribution in [0.15, 0.2) is 47.4 Å². The summed E-state index contributed by atoms with van der Waals surface area (Å²) >= 11 is 6.14. The van der Waals surface area contributed by atoms with Crippen LogP contribution in [0, 0.1) is 0 Å². The van der Waals surface area contributed by atoms with Gasteiger partial charge in [0.25, 0.3) is 0 Å². The Bertz CT molecular complexity index is 1060. The molecule has 0 fully saturated rings. The molecule has 0 aliphatic carbocycles. The van der Waals surface area contributed by atoms with Crippen molar-refractivity contribution in [1.29, 1.82) is 0 Å². The lowest BCUT2D eigenvalue weighted by Gasteiger charge is -2.10. The van der Waals surface area contributed by atoms with E-state index < -0.39 is 16.0 Å². The lowest BCUT2D eigenvalue weighted by molar-refractivity contribution is -0.136. The van der Waals surface area contributed by atoms with Crippen molar-refractivity contribution >= 4 is 39.5 Å². The molecule has 0 aliphatic heterocycles. The molecular formula is C20H20ClNO7S. The molecule has 0 bridgehead atoms. The summed E-state index contributed by atoms with van der Waals surface area (Å²) in [5.74, 6) is -0.650. The number of ketones is 1. The van der Waals surface area contributed by atoms with Gasteiger partial charge >= 0.3 is 5.97 Å². The molecule has 0 saturated carbocycles. The number of hydrogen-bond donors (Lipinski definition) is 2. The Hall–Kier alpha value is -2.88. The summed E-state index contributed by atoms with van der Waals surface area (Å²) in [6, 6.07) is 8.58. The van der Waals surface area contributed by atoms with E-state index in [0.717, 1.165) is 0 Å². The number of carbonyl (C=O) groups excluding carboxylic acids is 1. The topological polar surface area (TPSA) is 119 Å². The molecular weight excluding hydrogens is 434 g/mol. The van der Waals surface area contributed by atoms with Crippen molar-refractivity contribution in [1.82, 2.24) is 4.72 Å². The van der Waals surface area contributed by atoms with Gasteiger partial charge in [0.1, 0.15) is 0 Å². The Morgan fingerprint density at radius 2 is 1.80 bits per heavy atom. The molecule has 0 aliphatic rings. The number of carboxylic acids is 1. The van der Waals surface area contributed by atoms with Gasteiger partial charge in [0.15, 0.2) is 17.3 Å². The van der Waals surface area contributed by atoms with Gasteiger partial charge < -0.3 is 14.6 Å². The number of benzene rings is 2. The lowest BCUT2D eigenvalue weighted by atomic mass is 10.1. The standard InChI is InChI=1S/C20H20ClNO7S/c1-28-18-12-13(11-16(21)20(18)29-2)3-8-17(23)14-4-6-15(7-5-14)30(26,27)22-10-9-19(24)25/h3-8,11-12,22H,9-10H2,1-2H3,(H,24,25)/b8-3+. The summed E-state index contributed by atoms with van der Waals surface area (Å²) in [5.41, 5.74) is 0.898. The SMILES string of the molecule is COc1cc(/C=C/C(=O)c2ccc(S(=O)(=O)NCCC(=O)O)cc2)cc(Cl)c1OC. The summed E-state index contributed by atoms with van der Waals surface area (Å²) in [6.07, 6.45) is 2.54. The van der Waals surface area contributed by atoms with Crippen LogP contribution in [0.25, 0.3) is 6.08 Å². The molecule has 2 aromatic rings. The second kappa shape index (κ2) is 10.2. The number of carboxylic acid groups (broad SMARTS) is 1. The maximum absolute atomic E-state index is 12.4. The fraction of sp³-hybridized carbons (Fsp3) is 0.200. The van der Waals surface area contributed by atoms with Crippen molar-refractivity contribution < 1.29 is 32.6 Å². The predicted molar refractivity (Wildman–Crippen MR) is 112 cm³/mol. The van der Waals surface area contributed by atoms with Gasteiger partial charge in [-0.05, 0) is 48.0 Å². The van der Waals surface area contributed by atoms with E-state index >= 15 is 0 Å². The largest absolute Gasteiger partial charge is 0.493 e. The number of aliphatic carboxylic acids is 1. The highest BCUT2D eigenvalue weighted by molar-refractivity contribution is 7.89. The number of carbonyl (C=O) groups is 2. The van der Waals surface area contributed by atoms with E-state index in [-0.39, 0.29) is 29.2 Å². The van der Waals surface area contributed by atoms with Crippen LogP contribution in [0.1, 0.15) is 22.3 Å². The predicted octanol–water partition coefficient (Wildman–Crippen LogP) is 3.01. The van der Waals surface area contributed by atoms with Crippen LogP contribution in [0.2, 0.25) is 5.02 Å². The Kier molecular flexibility index (Phi) is 7.99. The van der Waals surface area contributed by atoms with E-state index in [1.165, 1.54) is 44.6 Å². The first-order valence-corrected chi connectivity index (χ1v) is 10.5. The molecule has 0 spiro atoms. The first kappa shape index (κ1) is 23.4. The van der Waals surface area contributed by atoms with Crippen LogP contribution in [0.4, 0.5) is 0 Å². The molecule has 2 N–H and O–H groups in total. The van der Waals surface area contributed by atoms with Crippen LogP contribution in [0.3, 0.4) is 0 Å².